The maximum Gasteiger partial charge on any atom is 0.00952 e. The molecule has 0 aromatic heterocycles. The first-order valence-corrected chi connectivity index (χ1v) is 5.81. The number of hydrogen-bond acceptors (Lipinski definition) is 2. The summed E-state index contributed by atoms with van der Waals surface area (Å²) in [5.41, 5.74) is 0. The molecule has 1 saturated heterocycles. The number of hydrogen-bond donors (Lipinski definition) is 1. The Kier molecular flexibility index (Phi) is 7.98. The average Bonchev–Trinajstić information content (AvgIpc) is 2.71. The Balaban J connectivity index is 0.000000980. The van der Waals surface area contributed by atoms with Crippen molar-refractivity contribution in [3.8, 4) is 0 Å². The van der Waals surface area contributed by atoms with Crippen LogP contribution < -0.4 is 5.32 Å². The van der Waals surface area contributed by atoms with E-state index in [0.717, 1.165) is 12.1 Å². The minimum absolute atomic E-state index is 0. The largest absolute Gasteiger partial charge is 0.317 e. The minimum atomic E-state index is 0. The molecule has 1 heterocycles. The third-order valence-corrected chi connectivity index (χ3v) is 3.78. The van der Waals surface area contributed by atoms with Crippen LogP contribution in [0.15, 0.2) is 0 Å². The number of rotatable bonds is 2. The van der Waals surface area contributed by atoms with Crippen molar-refractivity contribution >= 4 is 24.8 Å². The fourth-order valence-corrected chi connectivity index (χ4v) is 2.82. The summed E-state index contributed by atoms with van der Waals surface area (Å²) >= 11 is 0. The van der Waals surface area contributed by atoms with Crippen molar-refractivity contribution in [3.63, 3.8) is 0 Å². The van der Waals surface area contributed by atoms with Gasteiger partial charge in [-0.3, -0.25) is 0 Å². The number of halogens is 2. The molecule has 0 atom stereocenters. The molecule has 15 heavy (non-hydrogen) atoms. The van der Waals surface area contributed by atoms with E-state index >= 15 is 0 Å². The summed E-state index contributed by atoms with van der Waals surface area (Å²) in [6.45, 7) is 2.66. The molecule has 1 aliphatic heterocycles. The highest BCUT2D eigenvalue weighted by Crippen LogP contribution is 2.25. The van der Waals surface area contributed by atoms with Gasteiger partial charge in [0, 0.05) is 12.1 Å². The molecule has 1 aliphatic carbocycles. The molecule has 0 unspecified atom stereocenters. The fraction of sp³-hybridized carbons (Fsp3) is 1.00. The van der Waals surface area contributed by atoms with E-state index in [0.29, 0.717) is 0 Å². The normalized spacial score (nSPS) is 24.6. The summed E-state index contributed by atoms with van der Waals surface area (Å²) < 4.78 is 0. The second kappa shape index (κ2) is 7.72. The first kappa shape index (κ1) is 15.5. The molecule has 0 amide bonds. The predicted molar refractivity (Wildman–Crippen MR) is 70.4 cm³/mol. The van der Waals surface area contributed by atoms with Gasteiger partial charge >= 0.3 is 0 Å². The predicted octanol–water partition coefficient (Wildman–Crippen LogP) is 2.46. The van der Waals surface area contributed by atoms with Crippen molar-refractivity contribution < 1.29 is 0 Å². The lowest BCUT2D eigenvalue weighted by molar-refractivity contribution is 0.147. The molecular weight excluding hydrogens is 231 g/mol. The average molecular weight is 255 g/mol. The highest BCUT2D eigenvalue weighted by atomic mass is 35.5. The Morgan fingerprint density at radius 3 is 1.93 bits per heavy atom. The summed E-state index contributed by atoms with van der Waals surface area (Å²) in [5, 5.41) is 3.39. The van der Waals surface area contributed by atoms with E-state index in [1.807, 2.05) is 0 Å². The second-order valence-electron chi connectivity index (χ2n) is 4.54. The SMILES string of the molecule is CNC1CCN(C2CCCC2)CC1.Cl.Cl. The molecule has 1 N–H and O–H groups in total. The smallest absolute Gasteiger partial charge is 0.00952 e. The monoisotopic (exact) mass is 254 g/mol. The first-order valence-electron chi connectivity index (χ1n) is 5.81. The van der Waals surface area contributed by atoms with Crippen molar-refractivity contribution in [2.45, 2.75) is 50.6 Å². The van der Waals surface area contributed by atoms with Gasteiger partial charge in [0.05, 0.1) is 0 Å². The molecule has 2 fully saturated rings. The van der Waals surface area contributed by atoms with E-state index in [9.17, 15) is 0 Å². The third kappa shape index (κ3) is 4.10. The molecule has 4 heteroatoms. The third-order valence-electron chi connectivity index (χ3n) is 3.78. The van der Waals surface area contributed by atoms with Crippen LogP contribution >= 0.6 is 24.8 Å². The number of piperidine rings is 1. The summed E-state index contributed by atoms with van der Waals surface area (Å²) in [5.74, 6) is 0. The van der Waals surface area contributed by atoms with Crippen LogP contribution in [0.2, 0.25) is 0 Å². The zero-order chi connectivity index (χ0) is 9.10. The minimum Gasteiger partial charge on any atom is -0.317 e. The molecule has 0 bridgehead atoms. The zero-order valence-corrected chi connectivity index (χ0v) is 11.2. The van der Waals surface area contributed by atoms with Crippen molar-refractivity contribution in [2.24, 2.45) is 0 Å². The highest BCUT2D eigenvalue weighted by molar-refractivity contribution is 5.85. The van der Waals surface area contributed by atoms with Crippen LogP contribution in [0.25, 0.3) is 0 Å². The molecule has 2 aliphatic rings. The second-order valence-corrected chi connectivity index (χ2v) is 4.54. The number of nitrogens with one attached hydrogen (secondary N) is 1. The Hall–Kier alpha value is 0.500. The Morgan fingerprint density at radius 1 is 0.933 bits per heavy atom. The zero-order valence-electron chi connectivity index (χ0n) is 9.58. The van der Waals surface area contributed by atoms with E-state index in [1.165, 1.54) is 51.6 Å². The quantitative estimate of drug-likeness (QED) is 0.815. The molecule has 2 nitrogen and oxygen atoms in total. The number of nitrogens with zero attached hydrogens (tertiary/aromatic N) is 1. The summed E-state index contributed by atoms with van der Waals surface area (Å²) in [4.78, 5) is 2.72. The molecule has 92 valence electrons. The lowest BCUT2D eigenvalue weighted by atomic mass is 10.0. The van der Waals surface area contributed by atoms with Crippen LogP contribution in [0.4, 0.5) is 0 Å². The summed E-state index contributed by atoms with van der Waals surface area (Å²) in [6, 6.07) is 1.73. The Labute approximate surface area is 106 Å². The van der Waals surface area contributed by atoms with Gasteiger partial charge < -0.3 is 10.2 Å². The van der Waals surface area contributed by atoms with Crippen molar-refractivity contribution in [1.82, 2.24) is 10.2 Å². The fourth-order valence-electron chi connectivity index (χ4n) is 2.82. The van der Waals surface area contributed by atoms with Gasteiger partial charge in [-0.25, -0.2) is 0 Å². The number of likely N-dealkylation sites (tertiary alicyclic amines) is 1. The Morgan fingerprint density at radius 2 is 1.47 bits per heavy atom. The van der Waals surface area contributed by atoms with Gasteiger partial charge in [0.1, 0.15) is 0 Å². The van der Waals surface area contributed by atoms with Crippen LogP contribution in [-0.4, -0.2) is 37.1 Å². The van der Waals surface area contributed by atoms with Gasteiger partial charge in [0.15, 0.2) is 0 Å². The molecular formula is C11H24Cl2N2. The van der Waals surface area contributed by atoms with Gasteiger partial charge in [-0.2, -0.15) is 0 Å². The van der Waals surface area contributed by atoms with E-state index in [-0.39, 0.29) is 24.8 Å². The van der Waals surface area contributed by atoms with Crippen molar-refractivity contribution in [2.75, 3.05) is 20.1 Å². The standard InChI is InChI=1S/C11H22N2.2ClH/c1-12-10-6-8-13(9-7-10)11-4-2-3-5-11;;/h10-12H,2-9H2,1H3;2*1H. The van der Waals surface area contributed by atoms with E-state index in [1.54, 1.807) is 0 Å². The lowest BCUT2D eigenvalue weighted by Gasteiger charge is -2.35. The molecule has 1 saturated carbocycles. The van der Waals surface area contributed by atoms with Crippen molar-refractivity contribution in [1.29, 1.82) is 0 Å². The van der Waals surface area contributed by atoms with Gasteiger partial charge in [-0.15, -0.1) is 24.8 Å². The molecule has 0 aromatic carbocycles. The molecule has 0 aromatic rings. The van der Waals surface area contributed by atoms with Crippen LogP contribution in [0, 0.1) is 0 Å². The van der Waals surface area contributed by atoms with E-state index < -0.39 is 0 Å². The first-order chi connectivity index (χ1) is 6.40. The molecule has 0 radical (unpaired) electrons. The van der Waals surface area contributed by atoms with Gasteiger partial charge in [0.25, 0.3) is 0 Å². The molecule has 0 spiro atoms. The van der Waals surface area contributed by atoms with Crippen LogP contribution in [-0.2, 0) is 0 Å². The van der Waals surface area contributed by atoms with Gasteiger partial charge in [0.2, 0.25) is 0 Å². The maximum absolute atomic E-state index is 3.39. The van der Waals surface area contributed by atoms with Gasteiger partial charge in [-0.1, -0.05) is 12.8 Å². The van der Waals surface area contributed by atoms with Crippen LogP contribution in [0.3, 0.4) is 0 Å². The topological polar surface area (TPSA) is 15.3 Å². The molecule has 2 rings (SSSR count). The summed E-state index contributed by atoms with van der Waals surface area (Å²) in [7, 11) is 2.09. The van der Waals surface area contributed by atoms with E-state index in [4.69, 9.17) is 0 Å². The highest BCUT2D eigenvalue weighted by Gasteiger charge is 2.26. The van der Waals surface area contributed by atoms with Crippen molar-refractivity contribution in [3.05, 3.63) is 0 Å². The van der Waals surface area contributed by atoms with Crippen LogP contribution in [0.1, 0.15) is 38.5 Å². The van der Waals surface area contributed by atoms with Gasteiger partial charge in [-0.05, 0) is 45.8 Å². The van der Waals surface area contributed by atoms with Crippen LogP contribution in [0.5, 0.6) is 0 Å². The summed E-state index contributed by atoms with van der Waals surface area (Å²) in [6.07, 6.45) is 8.57. The van der Waals surface area contributed by atoms with E-state index in [2.05, 4.69) is 17.3 Å². The lowest BCUT2D eigenvalue weighted by Crippen LogP contribution is -2.45. The maximum atomic E-state index is 3.39. The Bertz CT molecular complexity index is 153.